The van der Waals surface area contributed by atoms with Gasteiger partial charge in [0, 0.05) is 12.1 Å². The highest BCUT2D eigenvalue weighted by molar-refractivity contribution is 6.11. The number of carbonyl (C=O) groups excluding carboxylic acids is 1. The molecule has 2 heteroatoms. The molecule has 2 nitrogen and oxygen atoms in total. The van der Waals surface area contributed by atoms with Crippen molar-refractivity contribution in [3.63, 3.8) is 0 Å². The van der Waals surface area contributed by atoms with E-state index in [0.29, 0.717) is 12.1 Å². The zero-order valence-corrected chi connectivity index (χ0v) is 14.1. The van der Waals surface area contributed by atoms with Gasteiger partial charge in [-0.25, -0.2) is 0 Å². The molecule has 4 rings (SSSR count). The Hall–Kier alpha value is -3.13. The van der Waals surface area contributed by atoms with Crippen LogP contribution in [0.4, 0.5) is 0 Å². The summed E-state index contributed by atoms with van der Waals surface area (Å²) in [6.07, 6.45) is 0. The molecule has 0 unspecified atom stereocenters. The van der Waals surface area contributed by atoms with Crippen molar-refractivity contribution in [2.45, 2.75) is 13.5 Å². The lowest BCUT2D eigenvalue weighted by Crippen LogP contribution is -2.22. The number of amides is 1. The summed E-state index contributed by atoms with van der Waals surface area (Å²) in [5, 5.41) is 7.71. The van der Waals surface area contributed by atoms with E-state index in [1.165, 1.54) is 16.3 Å². The van der Waals surface area contributed by atoms with E-state index in [2.05, 4.69) is 36.5 Å². The summed E-state index contributed by atoms with van der Waals surface area (Å²) in [5.74, 6) is -0.0459. The number of benzene rings is 4. The smallest absolute Gasteiger partial charge is 0.251 e. The average molecular weight is 325 g/mol. The molecule has 0 saturated heterocycles. The van der Waals surface area contributed by atoms with Gasteiger partial charge in [0.15, 0.2) is 0 Å². The molecule has 25 heavy (non-hydrogen) atoms. The van der Waals surface area contributed by atoms with E-state index in [9.17, 15) is 4.79 Å². The number of rotatable bonds is 3. The monoisotopic (exact) mass is 325 g/mol. The zero-order chi connectivity index (χ0) is 17.2. The van der Waals surface area contributed by atoms with Crippen molar-refractivity contribution < 1.29 is 4.79 Å². The van der Waals surface area contributed by atoms with E-state index in [0.717, 1.165) is 16.3 Å². The van der Waals surface area contributed by atoms with Crippen molar-refractivity contribution in [3.8, 4) is 0 Å². The van der Waals surface area contributed by atoms with Crippen LogP contribution in [0.5, 0.6) is 0 Å². The Kier molecular flexibility index (Phi) is 3.95. The molecule has 0 atom stereocenters. The maximum Gasteiger partial charge on any atom is 0.251 e. The second-order valence-electron chi connectivity index (χ2n) is 6.34. The van der Waals surface area contributed by atoms with Crippen molar-refractivity contribution in [1.82, 2.24) is 5.32 Å². The van der Waals surface area contributed by atoms with Gasteiger partial charge in [-0.3, -0.25) is 4.79 Å². The summed E-state index contributed by atoms with van der Waals surface area (Å²) in [7, 11) is 0. The molecule has 0 heterocycles. The van der Waals surface area contributed by atoms with Crippen LogP contribution < -0.4 is 5.32 Å². The van der Waals surface area contributed by atoms with Crippen LogP contribution in [0.2, 0.25) is 0 Å². The van der Waals surface area contributed by atoms with E-state index < -0.39 is 0 Å². The molecule has 0 aliphatic rings. The third-order valence-electron chi connectivity index (χ3n) is 4.63. The van der Waals surface area contributed by atoms with E-state index in [1.54, 1.807) is 0 Å². The van der Waals surface area contributed by atoms with Gasteiger partial charge in [-0.2, -0.15) is 0 Å². The molecule has 0 aromatic heterocycles. The van der Waals surface area contributed by atoms with E-state index in [-0.39, 0.29) is 5.91 Å². The minimum atomic E-state index is -0.0459. The van der Waals surface area contributed by atoms with Crippen LogP contribution >= 0.6 is 0 Å². The van der Waals surface area contributed by atoms with Crippen LogP contribution in [-0.4, -0.2) is 5.91 Å². The molecule has 1 N–H and O–H groups in total. The number of nitrogens with one attached hydrogen (secondary N) is 1. The zero-order valence-electron chi connectivity index (χ0n) is 14.1. The third kappa shape index (κ3) is 2.99. The highest BCUT2D eigenvalue weighted by atomic mass is 16.1. The molecule has 1 amide bonds. The van der Waals surface area contributed by atoms with Gasteiger partial charge >= 0.3 is 0 Å². The number of aryl methyl sites for hydroxylation is 1. The van der Waals surface area contributed by atoms with Crippen molar-refractivity contribution >= 4 is 27.5 Å². The summed E-state index contributed by atoms with van der Waals surface area (Å²) >= 11 is 0. The highest BCUT2D eigenvalue weighted by Gasteiger charge is 2.09. The molecular weight excluding hydrogens is 306 g/mol. The molecule has 4 aromatic carbocycles. The largest absolute Gasteiger partial charge is 0.348 e. The van der Waals surface area contributed by atoms with Crippen LogP contribution in [0.15, 0.2) is 78.9 Å². The van der Waals surface area contributed by atoms with Crippen LogP contribution in [0.1, 0.15) is 21.5 Å². The second-order valence-corrected chi connectivity index (χ2v) is 6.34. The Bertz CT molecular complexity index is 1070. The van der Waals surface area contributed by atoms with Gasteiger partial charge in [0.2, 0.25) is 0 Å². The van der Waals surface area contributed by atoms with Crippen LogP contribution in [-0.2, 0) is 6.54 Å². The van der Waals surface area contributed by atoms with Gasteiger partial charge in [-0.15, -0.1) is 0 Å². The molecule has 4 aromatic rings. The first-order valence-electron chi connectivity index (χ1n) is 8.46. The van der Waals surface area contributed by atoms with Gasteiger partial charge in [0.1, 0.15) is 0 Å². The fourth-order valence-electron chi connectivity index (χ4n) is 3.31. The van der Waals surface area contributed by atoms with Crippen LogP contribution in [0, 0.1) is 6.92 Å². The normalized spacial score (nSPS) is 10.9. The van der Waals surface area contributed by atoms with Gasteiger partial charge in [-0.1, -0.05) is 66.7 Å². The van der Waals surface area contributed by atoms with Crippen LogP contribution in [0.3, 0.4) is 0 Å². The maximum absolute atomic E-state index is 12.6. The van der Waals surface area contributed by atoms with Crippen molar-refractivity contribution in [2.24, 2.45) is 0 Å². The molecule has 0 saturated carbocycles. The Morgan fingerprint density at radius 2 is 1.52 bits per heavy atom. The van der Waals surface area contributed by atoms with Crippen molar-refractivity contribution in [2.75, 3.05) is 0 Å². The molecule has 122 valence electrons. The molecular formula is C23H19NO. The lowest BCUT2D eigenvalue weighted by atomic mass is 9.96. The summed E-state index contributed by atoms with van der Waals surface area (Å²) in [5.41, 5.74) is 3.04. The molecule has 0 aliphatic carbocycles. The van der Waals surface area contributed by atoms with Gasteiger partial charge in [0.25, 0.3) is 5.91 Å². The number of hydrogen-bond acceptors (Lipinski definition) is 1. The van der Waals surface area contributed by atoms with Gasteiger partial charge in [-0.05, 0) is 51.7 Å². The Morgan fingerprint density at radius 3 is 2.32 bits per heavy atom. The number of carbonyl (C=O) groups is 1. The van der Waals surface area contributed by atoms with E-state index >= 15 is 0 Å². The summed E-state index contributed by atoms with van der Waals surface area (Å²) in [6, 6.07) is 26.4. The highest BCUT2D eigenvalue weighted by Crippen LogP contribution is 2.29. The van der Waals surface area contributed by atoms with Crippen LogP contribution in [0.25, 0.3) is 21.5 Å². The summed E-state index contributed by atoms with van der Waals surface area (Å²) in [4.78, 5) is 12.6. The molecule has 0 fully saturated rings. The minimum absolute atomic E-state index is 0.0459. The third-order valence-corrected chi connectivity index (χ3v) is 4.63. The number of hydrogen-bond donors (Lipinski definition) is 1. The first kappa shape index (κ1) is 15.4. The predicted molar refractivity (Wildman–Crippen MR) is 104 cm³/mol. The first-order chi connectivity index (χ1) is 12.2. The van der Waals surface area contributed by atoms with Crippen molar-refractivity contribution in [1.29, 1.82) is 0 Å². The number of fused-ring (bicyclic) bond motifs is 3. The van der Waals surface area contributed by atoms with Crippen molar-refractivity contribution in [3.05, 3.63) is 95.6 Å². The topological polar surface area (TPSA) is 29.1 Å². The maximum atomic E-state index is 12.6. The lowest BCUT2D eigenvalue weighted by molar-refractivity contribution is 0.0951. The standard InChI is InChI=1S/C23H19NO/c1-16-13-18-11-12-19(14-22(18)21-10-6-5-9-20(16)21)23(25)24-15-17-7-3-2-4-8-17/h2-14H,15H2,1H3,(H,24,25). The predicted octanol–water partition coefficient (Wildman–Crippen LogP) is 5.23. The fourth-order valence-corrected chi connectivity index (χ4v) is 3.31. The lowest BCUT2D eigenvalue weighted by Gasteiger charge is -2.10. The van der Waals surface area contributed by atoms with E-state index in [4.69, 9.17) is 0 Å². The molecule has 0 spiro atoms. The summed E-state index contributed by atoms with van der Waals surface area (Å²) < 4.78 is 0. The van der Waals surface area contributed by atoms with E-state index in [1.807, 2.05) is 54.6 Å². The molecule has 0 bridgehead atoms. The van der Waals surface area contributed by atoms with Gasteiger partial charge in [0.05, 0.1) is 0 Å². The Balaban J connectivity index is 1.69. The van der Waals surface area contributed by atoms with Gasteiger partial charge < -0.3 is 5.32 Å². The fraction of sp³-hybridized carbons (Fsp3) is 0.0870. The Morgan fingerprint density at radius 1 is 0.800 bits per heavy atom. The second kappa shape index (κ2) is 6.40. The quantitative estimate of drug-likeness (QED) is 0.513. The molecule has 0 aliphatic heterocycles. The first-order valence-corrected chi connectivity index (χ1v) is 8.46. The minimum Gasteiger partial charge on any atom is -0.348 e. The summed E-state index contributed by atoms with van der Waals surface area (Å²) in [6.45, 7) is 2.66. The Labute approximate surface area is 147 Å². The average Bonchev–Trinajstić information content (AvgIpc) is 2.67. The SMILES string of the molecule is Cc1cc2ccc(C(=O)NCc3ccccc3)cc2c2ccccc12. The molecule has 0 radical (unpaired) electrons.